The van der Waals surface area contributed by atoms with Crippen LogP contribution in [0.3, 0.4) is 0 Å². The van der Waals surface area contributed by atoms with Crippen LogP contribution < -0.4 is 5.32 Å². The number of anilines is 1. The first kappa shape index (κ1) is 15.4. The van der Waals surface area contributed by atoms with Crippen molar-refractivity contribution in [1.29, 1.82) is 0 Å². The summed E-state index contributed by atoms with van der Waals surface area (Å²) in [6.07, 6.45) is 1.54. The predicted octanol–water partition coefficient (Wildman–Crippen LogP) is 5.09. The van der Waals surface area contributed by atoms with Crippen LogP contribution >= 0.6 is 0 Å². The molecule has 0 bridgehead atoms. The molecule has 3 heteroatoms. The van der Waals surface area contributed by atoms with E-state index >= 15 is 0 Å². The molecule has 1 aromatic heterocycles. The van der Waals surface area contributed by atoms with Gasteiger partial charge < -0.3 is 9.73 Å². The van der Waals surface area contributed by atoms with E-state index in [2.05, 4.69) is 45.1 Å². The number of benzene rings is 1. The van der Waals surface area contributed by atoms with E-state index in [4.69, 9.17) is 4.42 Å². The summed E-state index contributed by atoms with van der Waals surface area (Å²) in [5.74, 6) is 1.34. The Morgan fingerprint density at radius 3 is 2.33 bits per heavy atom. The number of aryl methyl sites for hydroxylation is 1. The second-order valence-electron chi connectivity index (χ2n) is 6.00. The van der Waals surface area contributed by atoms with Crippen LogP contribution in [0.25, 0.3) is 0 Å². The third-order valence-electron chi connectivity index (χ3n) is 3.72. The fraction of sp³-hybridized carbons (Fsp3) is 0.389. The molecule has 1 heterocycles. The van der Waals surface area contributed by atoms with E-state index in [0.717, 1.165) is 11.3 Å². The molecule has 21 heavy (non-hydrogen) atoms. The van der Waals surface area contributed by atoms with E-state index in [0.29, 0.717) is 23.2 Å². The maximum Gasteiger partial charge on any atom is 0.259 e. The minimum absolute atomic E-state index is 0.125. The van der Waals surface area contributed by atoms with Gasteiger partial charge in [0.15, 0.2) is 0 Å². The van der Waals surface area contributed by atoms with Crippen LogP contribution in [0.1, 0.15) is 66.8 Å². The van der Waals surface area contributed by atoms with Gasteiger partial charge in [0.1, 0.15) is 5.76 Å². The minimum Gasteiger partial charge on any atom is -0.469 e. The lowest BCUT2D eigenvalue weighted by molar-refractivity contribution is 0.102. The lowest BCUT2D eigenvalue weighted by Gasteiger charge is -2.17. The summed E-state index contributed by atoms with van der Waals surface area (Å²) in [5, 5.41) is 3.00. The summed E-state index contributed by atoms with van der Waals surface area (Å²) in [7, 11) is 0. The zero-order valence-corrected chi connectivity index (χ0v) is 13.4. The molecule has 0 fully saturated rings. The Hall–Kier alpha value is -2.03. The second kappa shape index (κ2) is 6.17. The Morgan fingerprint density at radius 1 is 1.10 bits per heavy atom. The van der Waals surface area contributed by atoms with Gasteiger partial charge in [0.05, 0.1) is 11.8 Å². The third kappa shape index (κ3) is 3.35. The normalized spacial score (nSPS) is 11.2. The molecular formula is C18H23NO2. The monoisotopic (exact) mass is 285 g/mol. The number of amides is 1. The van der Waals surface area contributed by atoms with Gasteiger partial charge in [-0.15, -0.1) is 0 Å². The number of furan rings is 1. The first-order valence-corrected chi connectivity index (χ1v) is 7.39. The maximum absolute atomic E-state index is 12.3. The Kier molecular flexibility index (Phi) is 4.51. The minimum atomic E-state index is -0.125. The van der Waals surface area contributed by atoms with E-state index in [1.165, 1.54) is 11.8 Å². The van der Waals surface area contributed by atoms with Gasteiger partial charge >= 0.3 is 0 Å². The van der Waals surface area contributed by atoms with Crippen molar-refractivity contribution >= 4 is 11.6 Å². The van der Waals surface area contributed by atoms with Crippen molar-refractivity contribution in [3.63, 3.8) is 0 Å². The van der Waals surface area contributed by atoms with E-state index in [1.807, 2.05) is 6.07 Å². The summed E-state index contributed by atoms with van der Waals surface area (Å²) in [4.78, 5) is 12.3. The SMILES string of the molecule is Cc1occc1C(=O)Nc1ccc(C(C)C)cc1C(C)C. The van der Waals surface area contributed by atoms with Crippen LogP contribution in [0.15, 0.2) is 34.9 Å². The van der Waals surface area contributed by atoms with Crippen molar-refractivity contribution in [3.8, 4) is 0 Å². The van der Waals surface area contributed by atoms with Crippen LogP contribution in [0.2, 0.25) is 0 Å². The molecule has 0 aliphatic heterocycles. The number of nitrogens with one attached hydrogen (secondary N) is 1. The Labute approximate surface area is 126 Å². The van der Waals surface area contributed by atoms with Gasteiger partial charge in [0.2, 0.25) is 0 Å². The summed E-state index contributed by atoms with van der Waals surface area (Å²) < 4.78 is 5.19. The number of carbonyl (C=O) groups is 1. The molecule has 2 rings (SSSR count). The fourth-order valence-electron chi connectivity index (χ4n) is 2.34. The van der Waals surface area contributed by atoms with Crippen LogP contribution in [0, 0.1) is 6.92 Å². The number of hydrogen-bond acceptors (Lipinski definition) is 2. The molecule has 0 spiro atoms. The molecule has 112 valence electrons. The molecule has 0 atom stereocenters. The predicted molar refractivity (Wildman–Crippen MR) is 86.0 cm³/mol. The van der Waals surface area contributed by atoms with Gasteiger partial charge in [0, 0.05) is 5.69 Å². The van der Waals surface area contributed by atoms with E-state index in [-0.39, 0.29) is 5.91 Å². The smallest absolute Gasteiger partial charge is 0.259 e. The molecule has 0 radical (unpaired) electrons. The van der Waals surface area contributed by atoms with Gasteiger partial charge in [-0.05, 0) is 42.0 Å². The van der Waals surface area contributed by atoms with Crippen LogP contribution in [0.4, 0.5) is 5.69 Å². The quantitative estimate of drug-likeness (QED) is 0.850. The lowest BCUT2D eigenvalue weighted by atomic mass is 9.94. The van der Waals surface area contributed by atoms with Gasteiger partial charge in [-0.1, -0.05) is 39.8 Å². The molecule has 0 aliphatic rings. The Morgan fingerprint density at radius 2 is 1.81 bits per heavy atom. The van der Waals surface area contributed by atoms with Gasteiger partial charge in [-0.3, -0.25) is 4.79 Å². The molecule has 1 amide bonds. The average Bonchev–Trinajstić information content (AvgIpc) is 2.85. The summed E-state index contributed by atoms with van der Waals surface area (Å²) >= 11 is 0. The van der Waals surface area contributed by atoms with Crippen molar-refractivity contribution < 1.29 is 9.21 Å². The van der Waals surface area contributed by atoms with Gasteiger partial charge in [0.25, 0.3) is 5.91 Å². The zero-order valence-electron chi connectivity index (χ0n) is 13.4. The number of rotatable bonds is 4. The standard InChI is InChI=1S/C18H23NO2/c1-11(2)14-6-7-17(16(10-14)12(3)4)19-18(20)15-8-9-21-13(15)5/h6-12H,1-5H3,(H,19,20). The number of carbonyl (C=O) groups excluding carboxylic acids is 1. The summed E-state index contributed by atoms with van der Waals surface area (Å²) in [6.45, 7) is 10.4. The Balaban J connectivity index is 2.31. The highest BCUT2D eigenvalue weighted by Crippen LogP contribution is 2.29. The van der Waals surface area contributed by atoms with E-state index in [9.17, 15) is 4.79 Å². The van der Waals surface area contributed by atoms with Crippen molar-refractivity contribution in [1.82, 2.24) is 0 Å². The molecule has 0 saturated carbocycles. The fourth-order valence-corrected chi connectivity index (χ4v) is 2.34. The molecule has 1 aromatic carbocycles. The first-order valence-electron chi connectivity index (χ1n) is 7.39. The highest BCUT2D eigenvalue weighted by Gasteiger charge is 2.15. The van der Waals surface area contributed by atoms with E-state index < -0.39 is 0 Å². The molecular weight excluding hydrogens is 262 g/mol. The molecule has 2 aromatic rings. The van der Waals surface area contributed by atoms with Crippen molar-refractivity contribution in [2.45, 2.75) is 46.5 Å². The van der Waals surface area contributed by atoms with Crippen LogP contribution in [-0.2, 0) is 0 Å². The summed E-state index contributed by atoms with van der Waals surface area (Å²) in [6, 6.07) is 7.96. The topological polar surface area (TPSA) is 42.2 Å². The second-order valence-corrected chi connectivity index (χ2v) is 6.00. The molecule has 0 unspecified atom stereocenters. The first-order chi connectivity index (χ1) is 9.90. The molecule has 0 aliphatic carbocycles. The van der Waals surface area contributed by atoms with Gasteiger partial charge in [-0.25, -0.2) is 0 Å². The van der Waals surface area contributed by atoms with Crippen molar-refractivity contribution in [2.75, 3.05) is 5.32 Å². The van der Waals surface area contributed by atoms with Crippen LogP contribution in [-0.4, -0.2) is 5.91 Å². The zero-order chi connectivity index (χ0) is 15.6. The average molecular weight is 285 g/mol. The van der Waals surface area contributed by atoms with Crippen molar-refractivity contribution in [2.24, 2.45) is 0 Å². The third-order valence-corrected chi connectivity index (χ3v) is 3.72. The van der Waals surface area contributed by atoms with Crippen molar-refractivity contribution in [3.05, 3.63) is 53.0 Å². The largest absolute Gasteiger partial charge is 0.469 e. The van der Waals surface area contributed by atoms with E-state index in [1.54, 1.807) is 13.0 Å². The van der Waals surface area contributed by atoms with Crippen LogP contribution in [0.5, 0.6) is 0 Å². The lowest BCUT2D eigenvalue weighted by Crippen LogP contribution is -2.14. The Bertz CT molecular complexity index is 638. The molecule has 0 saturated heterocycles. The van der Waals surface area contributed by atoms with Gasteiger partial charge in [-0.2, -0.15) is 0 Å². The molecule has 3 nitrogen and oxygen atoms in total. The maximum atomic E-state index is 12.3. The number of hydrogen-bond donors (Lipinski definition) is 1. The highest BCUT2D eigenvalue weighted by molar-refractivity contribution is 6.05. The highest BCUT2D eigenvalue weighted by atomic mass is 16.3. The summed E-state index contributed by atoms with van der Waals surface area (Å²) in [5.41, 5.74) is 3.91. The molecule has 1 N–H and O–H groups in total.